The molecule has 5 nitrogen and oxygen atoms in total. The molecule has 174 valence electrons. The van der Waals surface area contributed by atoms with Gasteiger partial charge in [-0.05, 0) is 42.2 Å². The van der Waals surface area contributed by atoms with Crippen molar-refractivity contribution in [2.24, 2.45) is 0 Å². The SMILES string of the molecule is CCSCCOC(=O)C1=C(C)NC2=C(C(=O)C[C@H](c3ccccc3OC)C2)[C@H]1c1cccs1. The summed E-state index contributed by atoms with van der Waals surface area (Å²) < 4.78 is 11.2. The first-order valence-corrected chi connectivity index (χ1v) is 13.2. The summed E-state index contributed by atoms with van der Waals surface area (Å²) in [7, 11) is 1.66. The standard InChI is InChI=1S/C26H29NO4S2/c1-4-32-13-11-31-26(29)23-16(2)27-19-14-17(18-8-5-6-9-21(18)30-3)15-20(28)24(19)25(23)22-10-7-12-33-22/h5-10,12,17,25,27H,4,11,13-15H2,1-3H3/t17-,25+/m1/s1. The Morgan fingerprint density at radius 1 is 1.21 bits per heavy atom. The first-order chi connectivity index (χ1) is 16.0. The smallest absolute Gasteiger partial charge is 0.336 e. The van der Waals surface area contributed by atoms with Crippen molar-refractivity contribution < 1.29 is 19.1 Å². The second kappa shape index (κ2) is 10.6. The van der Waals surface area contributed by atoms with Gasteiger partial charge in [-0.2, -0.15) is 11.8 Å². The van der Waals surface area contributed by atoms with Gasteiger partial charge < -0.3 is 14.8 Å². The van der Waals surface area contributed by atoms with E-state index in [0.29, 0.717) is 30.6 Å². The van der Waals surface area contributed by atoms with Gasteiger partial charge in [-0.25, -0.2) is 4.79 Å². The number of esters is 1. The lowest BCUT2D eigenvalue weighted by Crippen LogP contribution is -2.36. The first kappa shape index (κ1) is 23.6. The lowest BCUT2D eigenvalue weighted by atomic mass is 9.73. The Bertz CT molecular complexity index is 1090. The lowest BCUT2D eigenvalue weighted by Gasteiger charge is -2.36. The summed E-state index contributed by atoms with van der Waals surface area (Å²) in [5.74, 6) is 1.90. The fourth-order valence-corrected chi connectivity index (χ4v) is 6.02. The Morgan fingerprint density at radius 3 is 2.76 bits per heavy atom. The molecule has 4 rings (SSSR count). The van der Waals surface area contributed by atoms with Crippen molar-refractivity contribution in [2.75, 3.05) is 25.2 Å². The summed E-state index contributed by atoms with van der Waals surface area (Å²) in [5.41, 5.74) is 3.94. The van der Waals surface area contributed by atoms with Crippen molar-refractivity contribution in [2.45, 2.75) is 38.5 Å². The van der Waals surface area contributed by atoms with Gasteiger partial charge in [0.25, 0.3) is 0 Å². The number of rotatable bonds is 8. The average Bonchev–Trinajstić information content (AvgIpc) is 3.35. The molecule has 2 heterocycles. The van der Waals surface area contributed by atoms with E-state index in [1.165, 1.54) is 0 Å². The molecule has 1 aliphatic carbocycles. The van der Waals surface area contributed by atoms with Crippen LogP contribution in [0.25, 0.3) is 0 Å². The Labute approximate surface area is 203 Å². The molecule has 1 aliphatic heterocycles. The van der Waals surface area contributed by atoms with Crippen molar-refractivity contribution in [3.8, 4) is 5.75 Å². The highest BCUT2D eigenvalue weighted by atomic mass is 32.2. The van der Waals surface area contributed by atoms with E-state index in [-0.39, 0.29) is 17.7 Å². The first-order valence-electron chi connectivity index (χ1n) is 11.2. The number of ketones is 1. The summed E-state index contributed by atoms with van der Waals surface area (Å²) in [6, 6.07) is 11.8. The molecule has 0 radical (unpaired) electrons. The van der Waals surface area contributed by atoms with Crippen LogP contribution in [0.15, 0.2) is 64.3 Å². The summed E-state index contributed by atoms with van der Waals surface area (Å²) in [5, 5.41) is 5.39. The Hall–Kier alpha value is -2.51. The number of hydrogen-bond donors (Lipinski definition) is 1. The molecule has 0 saturated heterocycles. The Balaban J connectivity index is 1.68. The topological polar surface area (TPSA) is 64.6 Å². The van der Waals surface area contributed by atoms with Crippen LogP contribution >= 0.6 is 23.1 Å². The van der Waals surface area contributed by atoms with Crippen LogP contribution in [0.1, 0.15) is 49.0 Å². The van der Waals surface area contributed by atoms with E-state index in [9.17, 15) is 9.59 Å². The summed E-state index contributed by atoms with van der Waals surface area (Å²) in [6.45, 7) is 4.35. The summed E-state index contributed by atoms with van der Waals surface area (Å²) in [4.78, 5) is 27.7. The quantitative estimate of drug-likeness (QED) is 0.400. The van der Waals surface area contributed by atoms with E-state index in [0.717, 1.165) is 39.1 Å². The summed E-state index contributed by atoms with van der Waals surface area (Å²) >= 11 is 3.30. The van der Waals surface area contributed by atoms with Gasteiger partial charge >= 0.3 is 5.97 Å². The number of nitrogens with one attached hydrogen (secondary N) is 1. The van der Waals surface area contributed by atoms with Crippen molar-refractivity contribution in [1.29, 1.82) is 0 Å². The monoisotopic (exact) mass is 483 g/mol. The number of benzene rings is 1. The van der Waals surface area contributed by atoms with Crippen LogP contribution in [-0.4, -0.2) is 37.0 Å². The van der Waals surface area contributed by atoms with E-state index >= 15 is 0 Å². The molecule has 2 atom stereocenters. The second-order valence-corrected chi connectivity index (χ2v) is 10.5. The van der Waals surface area contributed by atoms with Gasteiger partial charge in [-0.3, -0.25) is 4.79 Å². The number of methoxy groups -OCH3 is 1. The number of dihydropyridines is 1. The van der Waals surface area contributed by atoms with E-state index in [2.05, 4.69) is 12.2 Å². The summed E-state index contributed by atoms with van der Waals surface area (Å²) in [6.07, 6.45) is 1.08. The zero-order valence-corrected chi connectivity index (χ0v) is 20.8. The average molecular weight is 484 g/mol. The number of allylic oxidation sites excluding steroid dienone is 3. The lowest BCUT2D eigenvalue weighted by molar-refractivity contribution is -0.138. The molecule has 33 heavy (non-hydrogen) atoms. The Morgan fingerprint density at radius 2 is 2.03 bits per heavy atom. The van der Waals surface area contributed by atoms with Crippen LogP contribution in [0, 0.1) is 0 Å². The molecule has 0 bridgehead atoms. The normalized spacial score (nSPS) is 20.4. The minimum atomic E-state index is -0.390. The number of thiophene rings is 1. The van der Waals surface area contributed by atoms with Gasteiger partial charge in [0.1, 0.15) is 12.4 Å². The van der Waals surface area contributed by atoms with Crippen molar-refractivity contribution in [1.82, 2.24) is 5.32 Å². The molecule has 1 aromatic carbocycles. The third-order valence-electron chi connectivity index (χ3n) is 6.12. The van der Waals surface area contributed by atoms with Crippen LogP contribution in [0.3, 0.4) is 0 Å². The highest BCUT2D eigenvalue weighted by molar-refractivity contribution is 7.99. The largest absolute Gasteiger partial charge is 0.496 e. The van der Waals surface area contributed by atoms with Gasteiger partial charge in [0, 0.05) is 39.9 Å². The second-order valence-electron chi connectivity index (χ2n) is 8.11. The van der Waals surface area contributed by atoms with Crippen molar-refractivity contribution in [3.05, 3.63) is 74.8 Å². The highest BCUT2D eigenvalue weighted by Crippen LogP contribution is 2.47. The predicted octanol–water partition coefficient (Wildman–Crippen LogP) is 5.41. The molecule has 2 aromatic rings. The fourth-order valence-electron chi connectivity index (χ4n) is 4.69. The molecule has 1 aromatic heterocycles. The molecule has 7 heteroatoms. The van der Waals surface area contributed by atoms with Gasteiger partial charge in [0.05, 0.1) is 18.6 Å². The van der Waals surface area contributed by atoms with Gasteiger partial charge in [0.15, 0.2) is 5.78 Å². The molecule has 0 fully saturated rings. The van der Waals surface area contributed by atoms with Crippen LogP contribution in [0.5, 0.6) is 5.75 Å². The number of hydrogen-bond acceptors (Lipinski definition) is 7. The number of thioether (sulfide) groups is 1. The maximum absolute atomic E-state index is 13.6. The van der Waals surface area contributed by atoms with Gasteiger partial charge in [0.2, 0.25) is 0 Å². The number of carbonyl (C=O) groups excluding carboxylic acids is 2. The van der Waals surface area contributed by atoms with Crippen molar-refractivity contribution >= 4 is 34.9 Å². The van der Waals surface area contributed by atoms with Crippen LogP contribution in [-0.2, 0) is 14.3 Å². The molecule has 0 amide bonds. The van der Waals surface area contributed by atoms with Gasteiger partial charge in [-0.1, -0.05) is 31.2 Å². The number of para-hydroxylation sites is 1. The van der Waals surface area contributed by atoms with E-state index in [1.807, 2.05) is 48.7 Å². The number of carbonyl (C=O) groups is 2. The zero-order chi connectivity index (χ0) is 23.4. The highest BCUT2D eigenvalue weighted by Gasteiger charge is 2.42. The molecule has 0 saturated carbocycles. The zero-order valence-electron chi connectivity index (χ0n) is 19.2. The minimum absolute atomic E-state index is 0.0243. The Kier molecular flexibility index (Phi) is 7.60. The van der Waals surface area contributed by atoms with Crippen LogP contribution in [0.2, 0.25) is 0 Å². The predicted molar refractivity (Wildman–Crippen MR) is 134 cm³/mol. The van der Waals surface area contributed by atoms with E-state index < -0.39 is 5.92 Å². The maximum atomic E-state index is 13.6. The molecule has 0 unspecified atom stereocenters. The third kappa shape index (κ3) is 4.89. The van der Waals surface area contributed by atoms with Crippen LogP contribution < -0.4 is 10.1 Å². The molecule has 1 N–H and O–H groups in total. The molecular weight excluding hydrogens is 454 g/mol. The third-order valence-corrected chi connectivity index (χ3v) is 7.92. The molecular formula is C26H29NO4S2. The number of ether oxygens (including phenoxy) is 2. The number of Topliss-reactive ketones (excluding diaryl/α,β-unsaturated/α-hetero) is 1. The molecule has 0 spiro atoms. The molecule has 2 aliphatic rings. The van der Waals surface area contributed by atoms with E-state index in [1.54, 1.807) is 30.2 Å². The van der Waals surface area contributed by atoms with Gasteiger partial charge in [-0.15, -0.1) is 11.3 Å². The fraction of sp³-hybridized carbons (Fsp3) is 0.385. The maximum Gasteiger partial charge on any atom is 0.336 e. The van der Waals surface area contributed by atoms with Crippen LogP contribution in [0.4, 0.5) is 0 Å². The van der Waals surface area contributed by atoms with Crippen molar-refractivity contribution in [3.63, 3.8) is 0 Å². The van der Waals surface area contributed by atoms with E-state index in [4.69, 9.17) is 9.47 Å². The minimum Gasteiger partial charge on any atom is -0.496 e.